The molecule has 1 saturated carbocycles. The van der Waals surface area contributed by atoms with Crippen LogP contribution in [-0.2, 0) is 4.74 Å². The van der Waals surface area contributed by atoms with Gasteiger partial charge in [0.05, 0.1) is 5.60 Å². The van der Waals surface area contributed by atoms with Crippen LogP contribution >= 0.6 is 0 Å². The van der Waals surface area contributed by atoms with Gasteiger partial charge in [-0.25, -0.2) is 0 Å². The highest BCUT2D eigenvalue weighted by molar-refractivity contribution is 5.93. The minimum Gasteiger partial charge on any atom is -0.385 e. The maximum absolute atomic E-state index is 12.0. The number of anilines is 1. The number of pyridine rings is 1. The molecule has 0 spiro atoms. The monoisotopic (exact) mass is 263 g/mol. The molecular weight excluding hydrogens is 242 g/mol. The number of aromatic nitrogens is 1. The number of methoxy groups -OCH3 is 1. The van der Waals surface area contributed by atoms with E-state index in [1.165, 1.54) is 0 Å². The van der Waals surface area contributed by atoms with Gasteiger partial charge in [0.1, 0.15) is 5.69 Å². The number of nitrogens with one attached hydrogen (secondary N) is 2. The van der Waals surface area contributed by atoms with E-state index < -0.39 is 0 Å². The lowest BCUT2D eigenvalue weighted by atomic mass is 9.80. The van der Waals surface area contributed by atoms with Crippen LogP contribution in [0.1, 0.15) is 36.7 Å². The standard InChI is InChI=1S/C14H21N3O2/c1-3-15-11-5-8-16-12(9-11)13(18)17-10-14(19-2)6-4-7-14/h5,8-9H,3-4,6-7,10H2,1-2H3,(H,15,16)(H,17,18). The van der Waals surface area contributed by atoms with Crippen molar-refractivity contribution in [2.24, 2.45) is 0 Å². The largest absolute Gasteiger partial charge is 0.385 e. The highest BCUT2D eigenvalue weighted by Crippen LogP contribution is 2.34. The molecule has 0 aliphatic heterocycles. The average Bonchev–Trinajstić information content (AvgIpc) is 2.38. The second kappa shape index (κ2) is 6.02. The van der Waals surface area contributed by atoms with E-state index in [1.807, 2.05) is 13.0 Å². The molecule has 0 aromatic carbocycles. The Morgan fingerprint density at radius 2 is 2.32 bits per heavy atom. The van der Waals surface area contributed by atoms with Crippen molar-refractivity contribution in [3.8, 4) is 0 Å². The molecule has 1 amide bonds. The number of amides is 1. The zero-order valence-corrected chi connectivity index (χ0v) is 11.5. The third kappa shape index (κ3) is 3.23. The third-order valence-electron chi connectivity index (χ3n) is 3.64. The summed E-state index contributed by atoms with van der Waals surface area (Å²) in [7, 11) is 1.70. The summed E-state index contributed by atoms with van der Waals surface area (Å²) >= 11 is 0. The van der Waals surface area contributed by atoms with Gasteiger partial charge in [-0.05, 0) is 38.3 Å². The van der Waals surface area contributed by atoms with E-state index in [4.69, 9.17) is 4.74 Å². The molecule has 2 rings (SSSR count). The Hall–Kier alpha value is -1.62. The number of hydrogen-bond acceptors (Lipinski definition) is 4. The molecule has 0 radical (unpaired) electrons. The van der Waals surface area contributed by atoms with Crippen molar-refractivity contribution in [1.29, 1.82) is 0 Å². The minimum atomic E-state index is -0.158. The number of ether oxygens (including phenoxy) is 1. The summed E-state index contributed by atoms with van der Waals surface area (Å²) in [6.07, 6.45) is 4.82. The van der Waals surface area contributed by atoms with Crippen LogP contribution < -0.4 is 10.6 Å². The van der Waals surface area contributed by atoms with Crippen LogP contribution in [0.3, 0.4) is 0 Å². The minimum absolute atomic E-state index is 0.150. The van der Waals surface area contributed by atoms with Gasteiger partial charge >= 0.3 is 0 Å². The molecule has 5 heteroatoms. The number of nitrogens with zero attached hydrogens (tertiary/aromatic N) is 1. The Kier molecular flexibility index (Phi) is 4.37. The van der Waals surface area contributed by atoms with Gasteiger partial charge in [0.25, 0.3) is 5.91 Å². The van der Waals surface area contributed by atoms with Gasteiger partial charge in [-0.1, -0.05) is 0 Å². The van der Waals surface area contributed by atoms with E-state index in [2.05, 4.69) is 15.6 Å². The topological polar surface area (TPSA) is 63.2 Å². The van der Waals surface area contributed by atoms with E-state index in [0.717, 1.165) is 31.5 Å². The fourth-order valence-corrected chi connectivity index (χ4v) is 2.22. The van der Waals surface area contributed by atoms with Crippen LogP contribution in [0.4, 0.5) is 5.69 Å². The molecule has 1 heterocycles. The Balaban J connectivity index is 1.94. The summed E-state index contributed by atoms with van der Waals surface area (Å²) in [5.74, 6) is -0.150. The van der Waals surface area contributed by atoms with E-state index in [0.29, 0.717) is 12.2 Å². The number of carbonyl (C=O) groups excluding carboxylic acids is 1. The Morgan fingerprint density at radius 1 is 1.53 bits per heavy atom. The molecule has 1 fully saturated rings. The summed E-state index contributed by atoms with van der Waals surface area (Å²) in [5, 5.41) is 6.07. The molecule has 0 atom stereocenters. The fourth-order valence-electron chi connectivity index (χ4n) is 2.22. The van der Waals surface area contributed by atoms with E-state index in [-0.39, 0.29) is 11.5 Å². The SMILES string of the molecule is CCNc1ccnc(C(=O)NCC2(OC)CCC2)c1. The fraction of sp³-hybridized carbons (Fsp3) is 0.571. The first-order valence-corrected chi connectivity index (χ1v) is 6.72. The van der Waals surface area contributed by atoms with Crippen molar-refractivity contribution in [3.63, 3.8) is 0 Å². The number of rotatable bonds is 6. The van der Waals surface area contributed by atoms with Gasteiger partial charge in [0, 0.05) is 32.1 Å². The smallest absolute Gasteiger partial charge is 0.270 e. The molecule has 104 valence electrons. The lowest BCUT2D eigenvalue weighted by Gasteiger charge is -2.40. The summed E-state index contributed by atoms with van der Waals surface area (Å²) in [6, 6.07) is 3.61. The van der Waals surface area contributed by atoms with Crippen LogP contribution in [0.15, 0.2) is 18.3 Å². The quantitative estimate of drug-likeness (QED) is 0.821. The summed E-state index contributed by atoms with van der Waals surface area (Å²) in [5.41, 5.74) is 1.19. The van der Waals surface area contributed by atoms with Gasteiger partial charge in [-0.15, -0.1) is 0 Å². The molecule has 1 aliphatic rings. The van der Waals surface area contributed by atoms with Gasteiger partial charge in [0.2, 0.25) is 0 Å². The number of hydrogen-bond donors (Lipinski definition) is 2. The van der Waals surface area contributed by atoms with Gasteiger partial charge in [-0.3, -0.25) is 9.78 Å². The van der Waals surface area contributed by atoms with Crippen molar-refractivity contribution in [2.45, 2.75) is 31.8 Å². The summed E-state index contributed by atoms with van der Waals surface area (Å²) in [4.78, 5) is 16.1. The van der Waals surface area contributed by atoms with Crippen molar-refractivity contribution in [1.82, 2.24) is 10.3 Å². The van der Waals surface area contributed by atoms with Crippen LogP contribution in [-0.4, -0.2) is 36.7 Å². The Bertz CT molecular complexity index is 439. The van der Waals surface area contributed by atoms with Gasteiger partial charge < -0.3 is 15.4 Å². The van der Waals surface area contributed by atoms with E-state index in [1.54, 1.807) is 19.4 Å². The number of carbonyl (C=O) groups is 1. The predicted octanol–water partition coefficient (Wildman–Crippen LogP) is 1.81. The molecule has 2 N–H and O–H groups in total. The molecule has 0 bridgehead atoms. The second-order valence-corrected chi connectivity index (χ2v) is 4.88. The van der Waals surface area contributed by atoms with E-state index >= 15 is 0 Å². The molecular formula is C14H21N3O2. The first-order valence-electron chi connectivity index (χ1n) is 6.72. The zero-order valence-electron chi connectivity index (χ0n) is 11.5. The lowest BCUT2D eigenvalue weighted by molar-refractivity contribution is -0.0679. The van der Waals surface area contributed by atoms with Gasteiger partial charge in [0.15, 0.2) is 0 Å². The molecule has 5 nitrogen and oxygen atoms in total. The normalized spacial score (nSPS) is 16.5. The van der Waals surface area contributed by atoms with Crippen LogP contribution in [0.25, 0.3) is 0 Å². The molecule has 1 aliphatic carbocycles. The van der Waals surface area contributed by atoms with Crippen molar-refractivity contribution >= 4 is 11.6 Å². The van der Waals surface area contributed by atoms with Crippen LogP contribution in [0, 0.1) is 0 Å². The van der Waals surface area contributed by atoms with Crippen molar-refractivity contribution in [3.05, 3.63) is 24.0 Å². The Morgan fingerprint density at radius 3 is 2.89 bits per heavy atom. The summed E-state index contributed by atoms with van der Waals surface area (Å²) < 4.78 is 5.47. The van der Waals surface area contributed by atoms with Crippen molar-refractivity contribution < 1.29 is 9.53 Å². The van der Waals surface area contributed by atoms with Crippen molar-refractivity contribution in [2.75, 3.05) is 25.5 Å². The molecule has 1 aromatic rings. The highest BCUT2D eigenvalue weighted by atomic mass is 16.5. The predicted molar refractivity (Wildman–Crippen MR) is 74.3 cm³/mol. The summed E-state index contributed by atoms with van der Waals surface area (Å²) in [6.45, 7) is 3.38. The second-order valence-electron chi connectivity index (χ2n) is 4.88. The van der Waals surface area contributed by atoms with Crippen LogP contribution in [0.2, 0.25) is 0 Å². The molecule has 0 saturated heterocycles. The molecule has 19 heavy (non-hydrogen) atoms. The lowest BCUT2D eigenvalue weighted by Crippen LogP contribution is -2.49. The molecule has 0 unspecified atom stereocenters. The Labute approximate surface area is 113 Å². The maximum Gasteiger partial charge on any atom is 0.270 e. The van der Waals surface area contributed by atoms with Crippen LogP contribution in [0.5, 0.6) is 0 Å². The average molecular weight is 263 g/mol. The highest BCUT2D eigenvalue weighted by Gasteiger charge is 2.37. The van der Waals surface area contributed by atoms with Gasteiger partial charge in [-0.2, -0.15) is 0 Å². The zero-order chi connectivity index (χ0) is 13.7. The third-order valence-corrected chi connectivity index (χ3v) is 3.64. The first kappa shape index (κ1) is 13.8. The first-order chi connectivity index (χ1) is 9.19. The molecule has 1 aromatic heterocycles. The van der Waals surface area contributed by atoms with E-state index in [9.17, 15) is 4.79 Å². The maximum atomic E-state index is 12.0.